The maximum absolute atomic E-state index is 12.4. The van der Waals surface area contributed by atoms with Crippen LogP contribution in [0, 0.1) is 5.92 Å². The van der Waals surface area contributed by atoms with Crippen LogP contribution in [0.4, 0.5) is 0 Å². The van der Waals surface area contributed by atoms with Gasteiger partial charge in [-0.15, -0.1) is 0 Å². The van der Waals surface area contributed by atoms with E-state index in [2.05, 4.69) is 24.3 Å². The van der Waals surface area contributed by atoms with Gasteiger partial charge in [0.25, 0.3) is 11.5 Å². The number of carbonyl (C=O) groups is 1. The minimum Gasteiger partial charge on any atom is -0.344 e. The molecule has 1 unspecified atom stereocenters. The number of hydrogen-bond donors (Lipinski definition) is 1. The normalized spacial score (nSPS) is 12.2. The second-order valence-electron chi connectivity index (χ2n) is 5.75. The number of carbonyl (C=O) groups excluding carboxylic acids is 1. The van der Waals surface area contributed by atoms with Crippen molar-refractivity contribution < 1.29 is 4.79 Å². The molecule has 116 valence electrons. The van der Waals surface area contributed by atoms with E-state index in [0.29, 0.717) is 5.92 Å². The van der Waals surface area contributed by atoms with Crippen LogP contribution in [0.15, 0.2) is 47.3 Å². The van der Waals surface area contributed by atoms with Crippen molar-refractivity contribution in [3.8, 4) is 0 Å². The monoisotopic (exact) mass is 299 g/mol. The van der Waals surface area contributed by atoms with Crippen molar-refractivity contribution in [2.75, 3.05) is 0 Å². The van der Waals surface area contributed by atoms with Gasteiger partial charge in [0, 0.05) is 13.1 Å². The number of nitrogens with zero attached hydrogens (tertiary/aromatic N) is 2. The van der Waals surface area contributed by atoms with Crippen molar-refractivity contribution in [2.45, 2.75) is 26.3 Å². The second-order valence-corrected chi connectivity index (χ2v) is 5.75. The van der Waals surface area contributed by atoms with Crippen LogP contribution in [0.5, 0.6) is 0 Å². The van der Waals surface area contributed by atoms with Gasteiger partial charge in [0.15, 0.2) is 0 Å². The molecule has 0 fully saturated rings. The molecule has 1 atom stereocenters. The van der Waals surface area contributed by atoms with E-state index in [0.717, 1.165) is 16.7 Å². The van der Waals surface area contributed by atoms with Crippen molar-refractivity contribution in [1.82, 2.24) is 15.1 Å². The number of hydrogen-bond acceptors (Lipinski definition) is 3. The fourth-order valence-corrected chi connectivity index (χ4v) is 2.29. The number of rotatable bonds is 5. The highest BCUT2D eigenvalue weighted by Crippen LogP contribution is 2.21. The molecule has 1 amide bonds. The lowest BCUT2D eigenvalue weighted by Crippen LogP contribution is -2.32. The number of benzene rings is 1. The summed E-state index contributed by atoms with van der Waals surface area (Å²) in [5, 5.41) is 7.00. The average molecular weight is 299 g/mol. The van der Waals surface area contributed by atoms with Gasteiger partial charge in [0.1, 0.15) is 5.69 Å². The van der Waals surface area contributed by atoms with E-state index in [-0.39, 0.29) is 23.2 Å². The highest BCUT2D eigenvalue weighted by molar-refractivity contribution is 5.92. The smallest absolute Gasteiger partial charge is 0.272 e. The first-order valence-corrected chi connectivity index (χ1v) is 7.37. The number of aryl methyl sites for hydroxylation is 1. The topological polar surface area (TPSA) is 64.0 Å². The third-order valence-corrected chi connectivity index (χ3v) is 3.41. The Kier molecular flexibility index (Phi) is 5.09. The summed E-state index contributed by atoms with van der Waals surface area (Å²) in [6.45, 7) is 4.24. The summed E-state index contributed by atoms with van der Waals surface area (Å²) in [5.74, 6) is 0.170. The highest BCUT2D eigenvalue weighted by atomic mass is 16.2. The Morgan fingerprint density at radius 3 is 2.45 bits per heavy atom. The van der Waals surface area contributed by atoms with Crippen molar-refractivity contribution in [3.63, 3.8) is 0 Å². The van der Waals surface area contributed by atoms with Gasteiger partial charge in [-0.05, 0) is 24.0 Å². The van der Waals surface area contributed by atoms with Crippen molar-refractivity contribution in [1.29, 1.82) is 0 Å². The van der Waals surface area contributed by atoms with Gasteiger partial charge in [-0.25, -0.2) is 4.68 Å². The SMILES string of the molecule is CC(C)CC(NC(=O)c1ccc(=O)n(C)n1)c1ccccc1. The van der Waals surface area contributed by atoms with Crippen LogP contribution in [-0.4, -0.2) is 15.7 Å². The molecule has 0 saturated carbocycles. The zero-order chi connectivity index (χ0) is 16.1. The van der Waals surface area contributed by atoms with E-state index >= 15 is 0 Å². The predicted molar refractivity (Wildman–Crippen MR) is 85.6 cm³/mol. The molecular weight excluding hydrogens is 278 g/mol. The van der Waals surface area contributed by atoms with Crippen LogP contribution in [0.25, 0.3) is 0 Å². The lowest BCUT2D eigenvalue weighted by molar-refractivity contribution is 0.0924. The maximum atomic E-state index is 12.4. The average Bonchev–Trinajstić information content (AvgIpc) is 2.49. The Hall–Kier alpha value is -2.43. The standard InChI is InChI=1S/C17H21N3O2/c1-12(2)11-15(13-7-5-4-6-8-13)18-17(22)14-9-10-16(21)20(3)19-14/h4-10,12,15H,11H2,1-3H3,(H,18,22). The first-order chi connectivity index (χ1) is 10.5. The van der Waals surface area contributed by atoms with E-state index < -0.39 is 0 Å². The molecule has 0 spiro atoms. The maximum Gasteiger partial charge on any atom is 0.272 e. The molecule has 0 aliphatic carbocycles. The lowest BCUT2D eigenvalue weighted by atomic mass is 9.97. The van der Waals surface area contributed by atoms with Crippen LogP contribution in [0.1, 0.15) is 42.4 Å². The fraction of sp³-hybridized carbons (Fsp3) is 0.353. The summed E-state index contributed by atoms with van der Waals surface area (Å²) >= 11 is 0. The molecule has 1 N–H and O–H groups in total. The fourth-order valence-electron chi connectivity index (χ4n) is 2.29. The first kappa shape index (κ1) is 15.9. The summed E-state index contributed by atoms with van der Waals surface area (Å²) in [6, 6.07) is 12.6. The van der Waals surface area contributed by atoms with E-state index in [1.165, 1.54) is 19.2 Å². The molecule has 2 rings (SSSR count). The molecule has 0 aliphatic rings. The van der Waals surface area contributed by atoms with Crippen molar-refractivity contribution in [2.24, 2.45) is 13.0 Å². The Balaban J connectivity index is 2.21. The minimum atomic E-state index is -0.273. The molecular formula is C17H21N3O2. The molecule has 0 saturated heterocycles. The summed E-state index contributed by atoms with van der Waals surface area (Å²) in [4.78, 5) is 23.7. The number of nitrogens with one attached hydrogen (secondary N) is 1. The van der Waals surface area contributed by atoms with Crippen LogP contribution in [-0.2, 0) is 7.05 Å². The lowest BCUT2D eigenvalue weighted by Gasteiger charge is -2.21. The summed E-state index contributed by atoms with van der Waals surface area (Å²) in [6.07, 6.45) is 0.835. The first-order valence-electron chi connectivity index (χ1n) is 7.37. The largest absolute Gasteiger partial charge is 0.344 e. The van der Waals surface area contributed by atoms with Gasteiger partial charge >= 0.3 is 0 Å². The number of aromatic nitrogens is 2. The number of amides is 1. The molecule has 2 aromatic rings. The van der Waals surface area contributed by atoms with Gasteiger partial charge in [-0.3, -0.25) is 9.59 Å². The zero-order valence-electron chi connectivity index (χ0n) is 13.1. The molecule has 5 nitrogen and oxygen atoms in total. The third-order valence-electron chi connectivity index (χ3n) is 3.41. The van der Waals surface area contributed by atoms with Gasteiger partial charge in [-0.2, -0.15) is 5.10 Å². The Bertz CT molecular complexity index is 693. The van der Waals surface area contributed by atoms with Crippen LogP contribution < -0.4 is 10.9 Å². The van der Waals surface area contributed by atoms with Crippen LogP contribution in [0.2, 0.25) is 0 Å². The predicted octanol–water partition coefficient (Wildman–Crippen LogP) is 2.30. The van der Waals surface area contributed by atoms with Gasteiger partial charge in [0.2, 0.25) is 0 Å². The van der Waals surface area contributed by atoms with E-state index in [4.69, 9.17) is 0 Å². The molecule has 22 heavy (non-hydrogen) atoms. The molecule has 0 bridgehead atoms. The summed E-state index contributed by atoms with van der Waals surface area (Å²) in [5.41, 5.74) is 1.07. The van der Waals surface area contributed by atoms with E-state index in [1.807, 2.05) is 30.3 Å². The Labute approximate surface area is 130 Å². The molecule has 0 aliphatic heterocycles. The molecule has 1 aromatic heterocycles. The molecule has 1 aromatic carbocycles. The zero-order valence-corrected chi connectivity index (χ0v) is 13.1. The summed E-state index contributed by atoms with van der Waals surface area (Å²) < 4.78 is 1.16. The molecule has 1 heterocycles. The van der Waals surface area contributed by atoms with Crippen LogP contribution in [0.3, 0.4) is 0 Å². The van der Waals surface area contributed by atoms with Gasteiger partial charge < -0.3 is 5.32 Å². The van der Waals surface area contributed by atoms with Crippen molar-refractivity contribution >= 4 is 5.91 Å². The van der Waals surface area contributed by atoms with Gasteiger partial charge in [0.05, 0.1) is 6.04 Å². The highest BCUT2D eigenvalue weighted by Gasteiger charge is 2.18. The van der Waals surface area contributed by atoms with Crippen molar-refractivity contribution in [3.05, 3.63) is 64.1 Å². The van der Waals surface area contributed by atoms with Gasteiger partial charge in [-0.1, -0.05) is 44.2 Å². The second kappa shape index (κ2) is 7.02. The third kappa shape index (κ3) is 4.04. The Morgan fingerprint density at radius 2 is 1.86 bits per heavy atom. The Morgan fingerprint density at radius 1 is 1.18 bits per heavy atom. The van der Waals surface area contributed by atoms with Crippen LogP contribution >= 0.6 is 0 Å². The summed E-state index contributed by atoms with van der Waals surface area (Å²) in [7, 11) is 1.53. The van der Waals surface area contributed by atoms with E-state index in [1.54, 1.807) is 0 Å². The van der Waals surface area contributed by atoms with E-state index in [9.17, 15) is 9.59 Å². The molecule has 5 heteroatoms. The quantitative estimate of drug-likeness (QED) is 0.921. The molecule has 0 radical (unpaired) electrons. The minimum absolute atomic E-state index is 0.0762.